The minimum Gasteiger partial charge on any atom is -0.300 e. The van der Waals surface area contributed by atoms with Crippen molar-refractivity contribution in [1.29, 1.82) is 0 Å². The minimum absolute atomic E-state index is 0.0668. The van der Waals surface area contributed by atoms with Gasteiger partial charge in [-0.05, 0) is 19.8 Å². The summed E-state index contributed by atoms with van der Waals surface area (Å²) in [6.07, 6.45) is 2.35. The van der Waals surface area contributed by atoms with Crippen molar-refractivity contribution in [3.8, 4) is 0 Å². The Labute approximate surface area is 117 Å². The Kier molecular flexibility index (Phi) is 12.6. The molecule has 0 aliphatic carbocycles. The SMILES string of the molecule is CC.CC.CC(=O)CCCCN1C(=O)CC(C)C1=O. The van der Waals surface area contributed by atoms with Crippen molar-refractivity contribution in [3.05, 3.63) is 0 Å². The Morgan fingerprint density at radius 1 is 1.16 bits per heavy atom. The van der Waals surface area contributed by atoms with Crippen molar-refractivity contribution in [3.63, 3.8) is 0 Å². The molecule has 0 bridgehead atoms. The van der Waals surface area contributed by atoms with Gasteiger partial charge < -0.3 is 4.79 Å². The highest BCUT2D eigenvalue weighted by molar-refractivity contribution is 6.03. The van der Waals surface area contributed by atoms with Crippen LogP contribution in [-0.4, -0.2) is 29.0 Å². The molecule has 1 aliphatic rings. The van der Waals surface area contributed by atoms with E-state index in [1.165, 1.54) is 4.90 Å². The first-order valence-electron chi connectivity index (χ1n) is 7.36. The Morgan fingerprint density at radius 3 is 2.05 bits per heavy atom. The normalized spacial score (nSPS) is 17.4. The second kappa shape index (κ2) is 11.9. The number of hydrogen-bond acceptors (Lipinski definition) is 3. The van der Waals surface area contributed by atoms with E-state index in [4.69, 9.17) is 0 Å². The van der Waals surface area contributed by atoms with Crippen LogP contribution in [0.2, 0.25) is 0 Å². The zero-order valence-corrected chi connectivity index (χ0v) is 13.3. The average Bonchev–Trinajstić information content (AvgIpc) is 2.65. The van der Waals surface area contributed by atoms with Crippen molar-refractivity contribution in [2.75, 3.05) is 6.54 Å². The molecule has 0 aromatic heterocycles. The van der Waals surface area contributed by atoms with E-state index in [2.05, 4.69) is 0 Å². The fourth-order valence-electron chi connectivity index (χ4n) is 1.73. The lowest BCUT2D eigenvalue weighted by Gasteiger charge is -2.13. The number of amides is 2. The van der Waals surface area contributed by atoms with Gasteiger partial charge in [-0.2, -0.15) is 0 Å². The highest BCUT2D eigenvalue weighted by Gasteiger charge is 2.34. The molecule has 0 saturated carbocycles. The first-order valence-corrected chi connectivity index (χ1v) is 7.36. The maximum absolute atomic E-state index is 11.5. The van der Waals surface area contributed by atoms with E-state index in [-0.39, 0.29) is 23.5 Å². The van der Waals surface area contributed by atoms with E-state index >= 15 is 0 Å². The highest BCUT2D eigenvalue weighted by atomic mass is 16.2. The Morgan fingerprint density at radius 2 is 1.68 bits per heavy atom. The number of unbranched alkanes of at least 4 members (excludes halogenated alkanes) is 1. The van der Waals surface area contributed by atoms with Gasteiger partial charge in [-0.3, -0.25) is 14.5 Å². The highest BCUT2D eigenvalue weighted by Crippen LogP contribution is 2.19. The van der Waals surface area contributed by atoms with Crippen molar-refractivity contribution < 1.29 is 14.4 Å². The van der Waals surface area contributed by atoms with Crippen LogP contribution in [0.5, 0.6) is 0 Å². The molecule has 0 radical (unpaired) electrons. The lowest BCUT2D eigenvalue weighted by molar-refractivity contribution is -0.139. The van der Waals surface area contributed by atoms with Crippen LogP contribution < -0.4 is 0 Å². The van der Waals surface area contributed by atoms with E-state index < -0.39 is 0 Å². The average molecular weight is 271 g/mol. The molecule has 4 heteroatoms. The van der Waals surface area contributed by atoms with E-state index in [9.17, 15) is 14.4 Å². The number of ketones is 1. The molecule has 1 unspecified atom stereocenters. The molecule has 112 valence electrons. The third kappa shape index (κ3) is 7.75. The summed E-state index contributed by atoms with van der Waals surface area (Å²) in [7, 11) is 0. The molecule has 0 aromatic carbocycles. The number of Topliss-reactive ketones (excluding diaryl/α,β-unsaturated/α-hetero) is 1. The molecule has 2 amide bonds. The second-order valence-corrected chi connectivity index (χ2v) is 4.15. The number of carbonyl (C=O) groups is 3. The van der Waals surface area contributed by atoms with Crippen molar-refractivity contribution in [1.82, 2.24) is 4.90 Å². The predicted molar refractivity (Wildman–Crippen MR) is 77.7 cm³/mol. The van der Waals surface area contributed by atoms with Gasteiger partial charge in [-0.1, -0.05) is 34.6 Å². The summed E-state index contributed by atoms with van der Waals surface area (Å²) in [5.41, 5.74) is 0. The number of imide groups is 1. The Balaban J connectivity index is 0. The summed E-state index contributed by atoms with van der Waals surface area (Å²) in [4.78, 5) is 34.8. The van der Waals surface area contributed by atoms with Gasteiger partial charge in [0.05, 0.1) is 0 Å². The molecule has 19 heavy (non-hydrogen) atoms. The summed E-state index contributed by atoms with van der Waals surface area (Å²) in [6.45, 7) is 11.8. The fourth-order valence-corrected chi connectivity index (χ4v) is 1.73. The Hall–Kier alpha value is -1.19. The van der Waals surface area contributed by atoms with Crippen LogP contribution in [0.3, 0.4) is 0 Å². The monoisotopic (exact) mass is 271 g/mol. The lowest BCUT2D eigenvalue weighted by atomic mass is 10.1. The first kappa shape index (κ1) is 20.1. The summed E-state index contributed by atoms with van der Waals surface area (Å²) in [5.74, 6) is -0.147. The van der Waals surface area contributed by atoms with Crippen LogP contribution in [0, 0.1) is 5.92 Å². The molecule has 1 saturated heterocycles. The molecule has 0 N–H and O–H groups in total. The van der Waals surface area contributed by atoms with E-state index in [1.807, 2.05) is 27.7 Å². The van der Waals surface area contributed by atoms with E-state index in [0.29, 0.717) is 19.4 Å². The predicted octanol–water partition coefficient (Wildman–Crippen LogP) is 3.19. The molecule has 1 aliphatic heterocycles. The van der Waals surface area contributed by atoms with Gasteiger partial charge in [0.2, 0.25) is 11.8 Å². The maximum atomic E-state index is 11.5. The van der Waals surface area contributed by atoms with E-state index in [0.717, 1.165) is 12.8 Å². The fraction of sp³-hybridized carbons (Fsp3) is 0.800. The van der Waals surface area contributed by atoms with Gasteiger partial charge in [0.25, 0.3) is 0 Å². The number of carbonyl (C=O) groups excluding carboxylic acids is 3. The summed E-state index contributed by atoms with van der Waals surface area (Å²) in [5, 5.41) is 0. The molecular weight excluding hydrogens is 242 g/mol. The van der Waals surface area contributed by atoms with Gasteiger partial charge in [0.1, 0.15) is 5.78 Å². The molecule has 0 spiro atoms. The maximum Gasteiger partial charge on any atom is 0.232 e. The molecule has 4 nitrogen and oxygen atoms in total. The molecule has 1 heterocycles. The molecule has 0 aromatic rings. The van der Waals surface area contributed by atoms with Crippen LogP contribution in [0.25, 0.3) is 0 Å². The lowest BCUT2D eigenvalue weighted by Crippen LogP contribution is -2.31. The van der Waals surface area contributed by atoms with Gasteiger partial charge >= 0.3 is 0 Å². The van der Waals surface area contributed by atoms with Crippen LogP contribution in [-0.2, 0) is 14.4 Å². The summed E-state index contributed by atoms with van der Waals surface area (Å²) >= 11 is 0. The van der Waals surface area contributed by atoms with Crippen molar-refractivity contribution >= 4 is 17.6 Å². The number of rotatable bonds is 5. The quantitative estimate of drug-likeness (QED) is 0.570. The topological polar surface area (TPSA) is 54.5 Å². The zero-order valence-electron chi connectivity index (χ0n) is 13.3. The second-order valence-electron chi connectivity index (χ2n) is 4.15. The van der Waals surface area contributed by atoms with Gasteiger partial charge in [-0.15, -0.1) is 0 Å². The molecule has 1 rings (SSSR count). The van der Waals surface area contributed by atoms with Gasteiger partial charge in [0, 0.05) is 25.3 Å². The largest absolute Gasteiger partial charge is 0.300 e. The van der Waals surface area contributed by atoms with Crippen LogP contribution in [0.4, 0.5) is 0 Å². The van der Waals surface area contributed by atoms with Crippen LogP contribution in [0.1, 0.15) is 67.2 Å². The van der Waals surface area contributed by atoms with Crippen molar-refractivity contribution in [2.45, 2.75) is 67.2 Å². The molecular formula is C15H29NO3. The van der Waals surface area contributed by atoms with Crippen molar-refractivity contribution in [2.24, 2.45) is 5.92 Å². The summed E-state index contributed by atoms with van der Waals surface area (Å²) < 4.78 is 0. The molecule has 1 atom stereocenters. The number of hydrogen-bond donors (Lipinski definition) is 0. The van der Waals surface area contributed by atoms with Crippen LogP contribution in [0.15, 0.2) is 0 Å². The van der Waals surface area contributed by atoms with E-state index in [1.54, 1.807) is 13.8 Å². The smallest absolute Gasteiger partial charge is 0.232 e. The minimum atomic E-state index is -0.162. The third-order valence-electron chi connectivity index (χ3n) is 2.63. The molecule has 1 fully saturated rings. The third-order valence-corrected chi connectivity index (χ3v) is 2.63. The zero-order chi connectivity index (χ0) is 15.4. The summed E-state index contributed by atoms with van der Waals surface area (Å²) in [6, 6.07) is 0. The van der Waals surface area contributed by atoms with Crippen LogP contribution >= 0.6 is 0 Å². The van der Waals surface area contributed by atoms with Gasteiger partial charge in [0.15, 0.2) is 0 Å². The first-order chi connectivity index (χ1) is 9.02. The number of nitrogens with zero attached hydrogens (tertiary/aromatic N) is 1. The standard InChI is InChI=1S/C11H17NO3.2C2H6/c1-8-7-10(14)12(11(8)15)6-4-3-5-9(2)13;2*1-2/h8H,3-7H2,1-2H3;2*1-2H3. The number of likely N-dealkylation sites (tertiary alicyclic amines) is 1. The van der Waals surface area contributed by atoms with Gasteiger partial charge in [-0.25, -0.2) is 0 Å². The Bertz CT molecular complexity index is 287.